The van der Waals surface area contributed by atoms with Gasteiger partial charge in [0.05, 0.1) is 6.04 Å². The van der Waals surface area contributed by atoms with Gasteiger partial charge in [-0.05, 0) is 35.7 Å². The lowest BCUT2D eigenvalue weighted by molar-refractivity contribution is 0.250. The van der Waals surface area contributed by atoms with Crippen molar-refractivity contribution < 1.29 is 9.18 Å². The third-order valence-corrected chi connectivity index (χ3v) is 3.97. The van der Waals surface area contributed by atoms with Gasteiger partial charge in [0.25, 0.3) is 0 Å². The summed E-state index contributed by atoms with van der Waals surface area (Å²) in [4.78, 5) is 12.4. The quantitative estimate of drug-likeness (QED) is 0.689. The molecule has 0 saturated heterocycles. The van der Waals surface area contributed by atoms with E-state index in [1.165, 1.54) is 6.07 Å². The van der Waals surface area contributed by atoms with Gasteiger partial charge in [-0.2, -0.15) is 0 Å². The van der Waals surface area contributed by atoms with Gasteiger partial charge < -0.3 is 10.6 Å². The Morgan fingerprint density at radius 1 is 0.880 bits per heavy atom. The van der Waals surface area contributed by atoms with E-state index in [0.29, 0.717) is 11.3 Å². The van der Waals surface area contributed by atoms with Crippen molar-refractivity contribution in [2.75, 3.05) is 5.32 Å². The molecular weight excluding hydrogens is 315 g/mol. The van der Waals surface area contributed by atoms with Crippen LogP contribution in [0.3, 0.4) is 0 Å². The number of carbonyl (C=O) groups excluding carboxylic acids is 1. The summed E-state index contributed by atoms with van der Waals surface area (Å²) in [5, 5.41) is 5.65. The lowest BCUT2D eigenvalue weighted by Crippen LogP contribution is -2.33. The summed E-state index contributed by atoms with van der Waals surface area (Å²) in [6, 6.07) is 23.4. The number of anilines is 1. The van der Waals surface area contributed by atoms with Crippen molar-refractivity contribution in [3.05, 3.63) is 101 Å². The van der Waals surface area contributed by atoms with Gasteiger partial charge in [0, 0.05) is 5.69 Å². The van der Waals surface area contributed by atoms with E-state index in [9.17, 15) is 9.18 Å². The molecule has 126 valence electrons. The minimum absolute atomic E-state index is 0.294. The average molecular weight is 334 g/mol. The summed E-state index contributed by atoms with van der Waals surface area (Å²) in [5.41, 5.74) is 2.90. The number of halogens is 1. The molecule has 0 atom stereocenters. The maximum absolute atomic E-state index is 13.7. The van der Waals surface area contributed by atoms with Crippen LogP contribution in [-0.4, -0.2) is 6.03 Å². The SMILES string of the molecule is Cc1ccc(NC(=O)NC(c2ccccc2)c2ccccc2)cc1F. The number of nitrogens with one attached hydrogen (secondary N) is 2. The molecule has 3 nitrogen and oxygen atoms in total. The smallest absolute Gasteiger partial charge is 0.319 e. The molecule has 3 aromatic rings. The van der Waals surface area contributed by atoms with Gasteiger partial charge in [-0.25, -0.2) is 9.18 Å². The highest BCUT2D eigenvalue weighted by atomic mass is 19.1. The van der Waals surface area contributed by atoms with Gasteiger partial charge >= 0.3 is 6.03 Å². The molecule has 4 heteroatoms. The molecule has 0 bridgehead atoms. The fourth-order valence-electron chi connectivity index (χ4n) is 2.62. The zero-order chi connectivity index (χ0) is 17.6. The fourth-order valence-corrected chi connectivity index (χ4v) is 2.62. The van der Waals surface area contributed by atoms with Crippen LogP contribution in [0.25, 0.3) is 0 Å². The lowest BCUT2D eigenvalue weighted by Gasteiger charge is -2.20. The Bertz CT molecular complexity index is 811. The van der Waals surface area contributed by atoms with Crippen LogP contribution in [0.5, 0.6) is 0 Å². The van der Waals surface area contributed by atoms with E-state index in [-0.39, 0.29) is 17.9 Å². The summed E-state index contributed by atoms with van der Waals surface area (Å²) < 4.78 is 13.7. The minimum atomic E-state index is -0.388. The molecule has 0 aliphatic carbocycles. The second-order valence-corrected chi connectivity index (χ2v) is 5.82. The summed E-state index contributed by atoms with van der Waals surface area (Å²) in [6.45, 7) is 1.68. The number of carbonyl (C=O) groups is 1. The van der Waals surface area contributed by atoms with Crippen LogP contribution in [0.4, 0.5) is 14.9 Å². The van der Waals surface area contributed by atoms with Gasteiger partial charge in [-0.15, -0.1) is 0 Å². The largest absolute Gasteiger partial charge is 0.327 e. The first-order chi connectivity index (χ1) is 12.1. The summed E-state index contributed by atoms with van der Waals surface area (Å²) in [5.74, 6) is -0.347. The van der Waals surface area contributed by atoms with E-state index in [1.807, 2.05) is 60.7 Å². The molecule has 0 fully saturated rings. The zero-order valence-electron chi connectivity index (χ0n) is 13.9. The first kappa shape index (κ1) is 16.7. The third kappa shape index (κ3) is 4.23. The predicted molar refractivity (Wildman–Crippen MR) is 98.0 cm³/mol. The monoisotopic (exact) mass is 334 g/mol. The van der Waals surface area contributed by atoms with Crippen LogP contribution in [0.2, 0.25) is 0 Å². The van der Waals surface area contributed by atoms with E-state index in [1.54, 1.807) is 19.1 Å². The molecule has 0 heterocycles. The normalized spacial score (nSPS) is 10.5. The van der Waals surface area contributed by atoms with Gasteiger partial charge in [0.1, 0.15) is 5.82 Å². The van der Waals surface area contributed by atoms with Gasteiger partial charge in [-0.3, -0.25) is 0 Å². The zero-order valence-corrected chi connectivity index (χ0v) is 13.9. The van der Waals surface area contributed by atoms with Crippen LogP contribution in [0.15, 0.2) is 78.9 Å². The van der Waals surface area contributed by atoms with Gasteiger partial charge in [0.15, 0.2) is 0 Å². The molecule has 0 radical (unpaired) electrons. The Balaban J connectivity index is 1.80. The molecule has 0 saturated carbocycles. The van der Waals surface area contributed by atoms with Crippen molar-refractivity contribution in [3.8, 4) is 0 Å². The van der Waals surface area contributed by atoms with Crippen molar-refractivity contribution in [2.24, 2.45) is 0 Å². The second kappa shape index (κ2) is 7.62. The number of aryl methyl sites for hydroxylation is 1. The van der Waals surface area contributed by atoms with E-state index in [0.717, 1.165) is 11.1 Å². The average Bonchev–Trinajstić information content (AvgIpc) is 2.64. The first-order valence-corrected chi connectivity index (χ1v) is 8.07. The van der Waals surface area contributed by atoms with Crippen LogP contribution in [0, 0.1) is 12.7 Å². The Labute approximate surface area is 146 Å². The van der Waals surface area contributed by atoms with Crippen molar-refractivity contribution >= 4 is 11.7 Å². The van der Waals surface area contributed by atoms with Crippen molar-refractivity contribution in [1.82, 2.24) is 5.32 Å². The number of hydrogen-bond acceptors (Lipinski definition) is 1. The van der Waals surface area contributed by atoms with Crippen molar-refractivity contribution in [2.45, 2.75) is 13.0 Å². The number of amides is 2. The summed E-state index contributed by atoms with van der Waals surface area (Å²) in [7, 11) is 0. The van der Waals surface area contributed by atoms with Crippen LogP contribution in [0.1, 0.15) is 22.7 Å². The Morgan fingerprint density at radius 3 is 1.96 bits per heavy atom. The van der Waals surface area contributed by atoms with Crippen LogP contribution < -0.4 is 10.6 Å². The van der Waals surface area contributed by atoms with Gasteiger partial charge in [0.2, 0.25) is 0 Å². The molecule has 0 aliphatic heterocycles. The fraction of sp³-hybridized carbons (Fsp3) is 0.0952. The highest BCUT2D eigenvalue weighted by molar-refractivity contribution is 5.89. The maximum Gasteiger partial charge on any atom is 0.319 e. The highest BCUT2D eigenvalue weighted by Gasteiger charge is 2.16. The topological polar surface area (TPSA) is 41.1 Å². The number of rotatable bonds is 4. The second-order valence-electron chi connectivity index (χ2n) is 5.82. The predicted octanol–water partition coefficient (Wildman–Crippen LogP) is 5.05. The molecule has 2 N–H and O–H groups in total. The molecular formula is C21H19FN2O. The molecule has 0 aromatic heterocycles. The maximum atomic E-state index is 13.7. The summed E-state index contributed by atoms with van der Waals surface area (Å²) >= 11 is 0. The number of hydrogen-bond donors (Lipinski definition) is 2. The van der Waals surface area contributed by atoms with E-state index in [2.05, 4.69) is 10.6 Å². The van der Waals surface area contributed by atoms with Gasteiger partial charge in [-0.1, -0.05) is 66.7 Å². The number of benzene rings is 3. The van der Waals surface area contributed by atoms with Crippen LogP contribution in [-0.2, 0) is 0 Å². The molecule has 3 aromatic carbocycles. The number of urea groups is 1. The molecule has 25 heavy (non-hydrogen) atoms. The third-order valence-electron chi connectivity index (χ3n) is 3.97. The Hall–Kier alpha value is -3.14. The van der Waals surface area contributed by atoms with E-state index < -0.39 is 0 Å². The molecule has 2 amide bonds. The lowest BCUT2D eigenvalue weighted by atomic mass is 9.99. The van der Waals surface area contributed by atoms with Crippen molar-refractivity contribution in [3.63, 3.8) is 0 Å². The first-order valence-electron chi connectivity index (χ1n) is 8.07. The van der Waals surface area contributed by atoms with Crippen molar-refractivity contribution in [1.29, 1.82) is 0 Å². The molecule has 3 rings (SSSR count). The summed E-state index contributed by atoms with van der Waals surface area (Å²) in [6.07, 6.45) is 0. The molecule has 0 unspecified atom stereocenters. The Kier molecular flexibility index (Phi) is 5.09. The molecule has 0 aliphatic rings. The highest BCUT2D eigenvalue weighted by Crippen LogP contribution is 2.22. The van der Waals surface area contributed by atoms with Crippen LogP contribution >= 0.6 is 0 Å². The van der Waals surface area contributed by atoms with E-state index >= 15 is 0 Å². The standard InChI is InChI=1S/C21H19FN2O/c1-15-12-13-18(14-19(15)22)23-21(25)24-20(16-8-4-2-5-9-16)17-10-6-3-7-11-17/h2-14,20H,1H3,(H2,23,24,25). The van der Waals surface area contributed by atoms with E-state index in [4.69, 9.17) is 0 Å². The minimum Gasteiger partial charge on any atom is -0.327 e. The molecule has 0 spiro atoms. The Morgan fingerprint density at radius 2 is 1.44 bits per heavy atom.